The van der Waals surface area contributed by atoms with Gasteiger partial charge in [0.25, 0.3) is 0 Å². The van der Waals surface area contributed by atoms with Gasteiger partial charge in [-0.25, -0.2) is 8.78 Å². The van der Waals surface area contributed by atoms with Gasteiger partial charge in [-0.05, 0) is 19.1 Å². The van der Waals surface area contributed by atoms with Crippen molar-refractivity contribution in [2.45, 2.75) is 17.9 Å². The average molecular weight is 274 g/mol. The molecule has 0 aliphatic carbocycles. The smallest absolute Gasteiger partial charge is 0.239 e. The third-order valence-electron chi connectivity index (χ3n) is 2.06. The van der Waals surface area contributed by atoms with E-state index >= 15 is 0 Å². The van der Waals surface area contributed by atoms with Gasteiger partial charge in [-0.15, -0.1) is 11.8 Å². The second-order valence-corrected chi connectivity index (χ2v) is 4.57. The van der Waals surface area contributed by atoms with Crippen LogP contribution in [0.5, 0.6) is 0 Å². The second-order valence-electron chi connectivity index (χ2n) is 3.55. The van der Waals surface area contributed by atoms with Crippen molar-refractivity contribution in [3.8, 4) is 0 Å². The number of hydrogen-bond acceptors (Lipinski definition) is 3. The van der Waals surface area contributed by atoms with E-state index in [0.717, 1.165) is 23.9 Å². The van der Waals surface area contributed by atoms with Crippen LogP contribution in [0.1, 0.15) is 6.92 Å². The Kier molecular flexibility index (Phi) is 5.08. The molecule has 0 saturated carbocycles. The summed E-state index contributed by atoms with van der Waals surface area (Å²) in [6.07, 6.45) is 0. The summed E-state index contributed by atoms with van der Waals surface area (Å²) in [6, 6.07) is 2.32. The van der Waals surface area contributed by atoms with Crippen LogP contribution < -0.4 is 11.1 Å². The zero-order chi connectivity index (χ0) is 13.7. The van der Waals surface area contributed by atoms with Crippen molar-refractivity contribution in [2.75, 3.05) is 5.75 Å². The molecule has 0 heterocycles. The van der Waals surface area contributed by atoms with Gasteiger partial charge in [-0.2, -0.15) is 0 Å². The van der Waals surface area contributed by atoms with Gasteiger partial charge in [0.1, 0.15) is 17.7 Å². The minimum Gasteiger partial charge on any atom is -0.368 e. The maximum Gasteiger partial charge on any atom is 0.239 e. The van der Waals surface area contributed by atoms with E-state index in [9.17, 15) is 18.4 Å². The highest BCUT2D eigenvalue weighted by molar-refractivity contribution is 8.00. The minimum absolute atomic E-state index is 0.0832. The fourth-order valence-corrected chi connectivity index (χ4v) is 1.82. The van der Waals surface area contributed by atoms with E-state index in [1.54, 1.807) is 0 Å². The number of carbonyl (C=O) groups excluding carboxylic acids is 2. The molecule has 0 spiro atoms. The summed E-state index contributed by atoms with van der Waals surface area (Å²) in [4.78, 5) is 22.2. The van der Waals surface area contributed by atoms with E-state index in [-0.39, 0.29) is 10.6 Å². The van der Waals surface area contributed by atoms with Gasteiger partial charge in [0.2, 0.25) is 11.8 Å². The molecule has 3 N–H and O–H groups in total. The molecule has 4 nitrogen and oxygen atoms in total. The first kappa shape index (κ1) is 14.4. The first-order chi connectivity index (χ1) is 8.40. The zero-order valence-electron chi connectivity index (χ0n) is 9.57. The van der Waals surface area contributed by atoms with Crippen LogP contribution in [0.2, 0.25) is 0 Å². The number of hydrogen-bond donors (Lipinski definition) is 2. The Morgan fingerprint density at radius 1 is 1.44 bits per heavy atom. The summed E-state index contributed by atoms with van der Waals surface area (Å²) in [5.41, 5.74) is 4.97. The molecular weight excluding hydrogens is 262 g/mol. The lowest BCUT2D eigenvalue weighted by Crippen LogP contribution is -2.42. The Bertz CT molecular complexity index is 468. The number of benzene rings is 1. The highest BCUT2D eigenvalue weighted by Crippen LogP contribution is 2.21. The number of rotatable bonds is 5. The van der Waals surface area contributed by atoms with Crippen molar-refractivity contribution in [3.63, 3.8) is 0 Å². The van der Waals surface area contributed by atoms with Crippen LogP contribution in [0.4, 0.5) is 8.78 Å². The van der Waals surface area contributed by atoms with Crippen LogP contribution in [0.15, 0.2) is 23.1 Å². The van der Waals surface area contributed by atoms with Crippen molar-refractivity contribution in [1.29, 1.82) is 0 Å². The van der Waals surface area contributed by atoms with Crippen molar-refractivity contribution in [2.24, 2.45) is 5.73 Å². The molecule has 0 radical (unpaired) electrons. The first-order valence-electron chi connectivity index (χ1n) is 5.06. The Balaban J connectivity index is 2.50. The van der Waals surface area contributed by atoms with Gasteiger partial charge in [-0.3, -0.25) is 9.59 Å². The standard InChI is InChI=1S/C11H12F2N2O2S/c1-6(11(14)17)15-10(16)5-18-9-3-2-7(12)4-8(9)13/h2-4,6H,5H2,1H3,(H2,14,17)(H,15,16). The van der Waals surface area contributed by atoms with Crippen molar-refractivity contribution in [1.82, 2.24) is 5.32 Å². The van der Waals surface area contributed by atoms with Crippen LogP contribution in [0.3, 0.4) is 0 Å². The van der Waals surface area contributed by atoms with E-state index < -0.39 is 29.5 Å². The minimum atomic E-state index is -0.781. The summed E-state index contributed by atoms with van der Waals surface area (Å²) in [5, 5.41) is 2.35. The number of carbonyl (C=O) groups is 2. The predicted molar refractivity (Wildman–Crippen MR) is 63.9 cm³/mol. The fraction of sp³-hybridized carbons (Fsp3) is 0.273. The Morgan fingerprint density at radius 3 is 2.67 bits per heavy atom. The molecule has 1 aromatic rings. The predicted octanol–water partition coefficient (Wildman–Crippen LogP) is 1.05. The molecule has 1 aromatic carbocycles. The van der Waals surface area contributed by atoms with Crippen molar-refractivity contribution in [3.05, 3.63) is 29.8 Å². The largest absolute Gasteiger partial charge is 0.368 e. The van der Waals surface area contributed by atoms with Gasteiger partial charge in [-0.1, -0.05) is 0 Å². The van der Waals surface area contributed by atoms with Crippen LogP contribution >= 0.6 is 11.8 Å². The molecule has 0 aromatic heterocycles. The third kappa shape index (κ3) is 4.33. The molecule has 98 valence electrons. The van der Waals surface area contributed by atoms with Crippen molar-refractivity contribution >= 4 is 23.6 Å². The SMILES string of the molecule is CC(NC(=O)CSc1ccc(F)cc1F)C(N)=O. The van der Waals surface area contributed by atoms with Crippen molar-refractivity contribution < 1.29 is 18.4 Å². The zero-order valence-corrected chi connectivity index (χ0v) is 10.4. The van der Waals surface area contributed by atoms with E-state index in [0.29, 0.717) is 0 Å². The number of nitrogens with two attached hydrogens (primary N) is 1. The highest BCUT2D eigenvalue weighted by Gasteiger charge is 2.13. The lowest BCUT2D eigenvalue weighted by atomic mass is 10.3. The van der Waals surface area contributed by atoms with Gasteiger partial charge in [0, 0.05) is 11.0 Å². The number of thioether (sulfide) groups is 1. The fourth-order valence-electron chi connectivity index (χ4n) is 1.09. The van der Waals surface area contributed by atoms with Crippen LogP contribution in [-0.2, 0) is 9.59 Å². The second kappa shape index (κ2) is 6.34. The summed E-state index contributed by atoms with van der Waals surface area (Å²) in [7, 11) is 0. The molecule has 0 bridgehead atoms. The monoisotopic (exact) mass is 274 g/mol. The van der Waals surface area contributed by atoms with Gasteiger partial charge in [0.05, 0.1) is 5.75 Å². The summed E-state index contributed by atoms with van der Waals surface area (Å²) in [6.45, 7) is 1.45. The maximum atomic E-state index is 13.2. The molecule has 0 aliphatic heterocycles. The number of halogens is 2. The highest BCUT2D eigenvalue weighted by atomic mass is 32.2. The molecule has 2 amide bonds. The maximum absolute atomic E-state index is 13.2. The van der Waals surface area contributed by atoms with Crippen LogP contribution in [0, 0.1) is 11.6 Å². The van der Waals surface area contributed by atoms with E-state index in [4.69, 9.17) is 5.73 Å². The van der Waals surface area contributed by atoms with Crippen LogP contribution in [0.25, 0.3) is 0 Å². The molecule has 0 aliphatic rings. The third-order valence-corrected chi connectivity index (χ3v) is 3.11. The molecule has 0 saturated heterocycles. The van der Waals surface area contributed by atoms with Gasteiger partial charge >= 0.3 is 0 Å². The molecule has 1 rings (SSSR count). The first-order valence-corrected chi connectivity index (χ1v) is 6.05. The van der Waals surface area contributed by atoms with E-state index in [1.807, 2.05) is 0 Å². The number of primary amides is 1. The van der Waals surface area contributed by atoms with Gasteiger partial charge < -0.3 is 11.1 Å². The molecule has 1 unspecified atom stereocenters. The molecule has 0 fully saturated rings. The lowest BCUT2D eigenvalue weighted by molar-refractivity contribution is -0.125. The topological polar surface area (TPSA) is 72.2 Å². The summed E-state index contributed by atoms with van der Waals surface area (Å²) >= 11 is 0.912. The Morgan fingerprint density at radius 2 is 2.11 bits per heavy atom. The Hall–Kier alpha value is -1.63. The van der Waals surface area contributed by atoms with E-state index in [2.05, 4.69) is 5.32 Å². The quantitative estimate of drug-likeness (QED) is 0.788. The molecule has 7 heteroatoms. The summed E-state index contributed by atoms with van der Waals surface area (Å²) in [5.74, 6) is -2.59. The average Bonchev–Trinajstić information content (AvgIpc) is 2.27. The van der Waals surface area contributed by atoms with E-state index in [1.165, 1.54) is 13.0 Å². The normalized spacial score (nSPS) is 11.9. The molecular formula is C11H12F2N2O2S. The number of amides is 2. The van der Waals surface area contributed by atoms with Crippen LogP contribution in [-0.4, -0.2) is 23.6 Å². The van der Waals surface area contributed by atoms with Gasteiger partial charge in [0.15, 0.2) is 0 Å². The summed E-state index contributed by atoms with van der Waals surface area (Å²) < 4.78 is 25.9. The Labute approximate surface area is 107 Å². The molecule has 18 heavy (non-hydrogen) atoms. The number of nitrogens with one attached hydrogen (secondary N) is 1. The lowest BCUT2D eigenvalue weighted by Gasteiger charge is -2.09. The molecule has 1 atom stereocenters.